The highest BCUT2D eigenvalue weighted by atomic mass is 16.5. The van der Waals surface area contributed by atoms with Crippen LogP contribution in [0.1, 0.15) is 66.1 Å². The Morgan fingerprint density at radius 1 is 1.11 bits per heavy atom. The SMILES string of the molecule is CCOC(=O)C1C(C)=C2CCCC(Cc3ccccc3)C(=O)c3cccc1c32. The summed E-state index contributed by atoms with van der Waals surface area (Å²) < 4.78 is 5.34. The Morgan fingerprint density at radius 2 is 1.89 bits per heavy atom. The molecule has 0 bridgehead atoms. The molecule has 0 radical (unpaired) electrons. The third-order valence-electron chi connectivity index (χ3n) is 6.08. The maximum Gasteiger partial charge on any atom is 0.317 e. The molecule has 0 fully saturated rings. The highest BCUT2D eigenvalue weighted by molar-refractivity contribution is 6.06. The van der Waals surface area contributed by atoms with Gasteiger partial charge in [-0.1, -0.05) is 54.1 Å². The highest BCUT2D eigenvalue weighted by Gasteiger charge is 2.38. The molecule has 0 saturated heterocycles. The summed E-state index contributed by atoms with van der Waals surface area (Å²) in [7, 11) is 0. The summed E-state index contributed by atoms with van der Waals surface area (Å²) in [5.41, 5.74) is 6.15. The van der Waals surface area contributed by atoms with Crippen molar-refractivity contribution in [2.45, 2.75) is 45.4 Å². The van der Waals surface area contributed by atoms with Gasteiger partial charge in [0, 0.05) is 11.5 Å². The lowest BCUT2D eigenvalue weighted by Crippen LogP contribution is -2.21. The first-order valence-corrected chi connectivity index (χ1v) is 10.2. The van der Waals surface area contributed by atoms with Gasteiger partial charge in [-0.05, 0) is 61.8 Å². The number of rotatable bonds is 4. The van der Waals surface area contributed by atoms with E-state index in [2.05, 4.69) is 12.1 Å². The van der Waals surface area contributed by atoms with Gasteiger partial charge in [-0.2, -0.15) is 0 Å². The van der Waals surface area contributed by atoms with Gasteiger partial charge in [0.1, 0.15) is 5.92 Å². The fraction of sp³-hybridized carbons (Fsp3) is 0.360. The summed E-state index contributed by atoms with van der Waals surface area (Å²) in [6.07, 6.45) is 3.50. The van der Waals surface area contributed by atoms with Crippen molar-refractivity contribution in [1.29, 1.82) is 0 Å². The van der Waals surface area contributed by atoms with E-state index in [-0.39, 0.29) is 23.6 Å². The van der Waals surface area contributed by atoms with Gasteiger partial charge in [-0.25, -0.2) is 0 Å². The van der Waals surface area contributed by atoms with Crippen molar-refractivity contribution in [1.82, 2.24) is 0 Å². The second-order valence-electron chi connectivity index (χ2n) is 7.76. The Balaban J connectivity index is 1.75. The molecule has 2 atom stereocenters. The van der Waals surface area contributed by atoms with Crippen molar-refractivity contribution >= 4 is 17.3 Å². The summed E-state index contributed by atoms with van der Waals surface area (Å²) >= 11 is 0. The van der Waals surface area contributed by atoms with Crippen LogP contribution in [0.15, 0.2) is 54.1 Å². The molecule has 144 valence electrons. The van der Waals surface area contributed by atoms with E-state index in [0.717, 1.165) is 47.9 Å². The van der Waals surface area contributed by atoms with Crippen molar-refractivity contribution in [3.8, 4) is 0 Å². The lowest BCUT2D eigenvalue weighted by atomic mass is 9.80. The van der Waals surface area contributed by atoms with E-state index in [9.17, 15) is 9.59 Å². The molecule has 0 saturated carbocycles. The van der Waals surface area contributed by atoms with Crippen LogP contribution in [0, 0.1) is 5.92 Å². The second-order valence-corrected chi connectivity index (χ2v) is 7.76. The van der Waals surface area contributed by atoms with E-state index in [4.69, 9.17) is 4.74 Å². The van der Waals surface area contributed by atoms with Crippen LogP contribution in [-0.2, 0) is 16.0 Å². The topological polar surface area (TPSA) is 43.4 Å². The molecule has 2 aromatic rings. The van der Waals surface area contributed by atoms with Crippen LogP contribution in [0.4, 0.5) is 0 Å². The fourth-order valence-electron chi connectivity index (χ4n) is 4.78. The van der Waals surface area contributed by atoms with Gasteiger partial charge in [-0.3, -0.25) is 9.59 Å². The minimum Gasteiger partial charge on any atom is -0.465 e. The van der Waals surface area contributed by atoms with Crippen LogP contribution in [0.2, 0.25) is 0 Å². The van der Waals surface area contributed by atoms with Gasteiger partial charge in [0.15, 0.2) is 5.78 Å². The van der Waals surface area contributed by atoms with Crippen molar-refractivity contribution in [2.75, 3.05) is 6.61 Å². The molecule has 2 aliphatic rings. The van der Waals surface area contributed by atoms with Crippen LogP contribution in [0.5, 0.6) is 0 Å². The molecule has 0 heterocycles. The van der Waals surface area contributed by atoms with Crippen LogP contribution < -0.4 is 0 Å². The van der Waals surface area contributed by atoms with Gasteiger partial charge in [-0.15, -0.1) is 0 Å². The van der Waals surface area contributed by atoms with Crippen LogP contribution in [0.25, 0.3) is 5.57 Å². The number of hydrogen-bond donors (Lipinski definition) is 0. The first-order valence-electron chi connectivity index (χ1n) is 10.2. The molecule has 2 aliphatic carbocycles. The smallest absolute Gasteiger partial charge is 0.317 e. The number of carbonyl (C=O) groups excluding carboxylic acids is 2. The molecule has 0 spiro atoms. The molecule has 0 aromatic heterocycles. The first kappa shape index (κ1) is 18.7. The standard InChI is InChI=1S/C25H26O3/c1-3-28-25(27)22-16(2)19-12-7-11-18(15-17-9-5-4-6-10-17)24(26)21-14-8-13-20(22)23(19)21/h4-6,8-10,13-14,18,22H,3,7,11-12,15H2,1-2H3. The highest BCUT2D eigenvalue weighted by Crippen LogP contribution is 2.47. The minimum absolute atomic E-state index is 0.0163. The summed E-state index contributed by atoms with van der Waals surface area (Å²) in [6.45, 7) is 4.22. The number of allylic oxidation sites excluding steroid dienone is 1. The lowest BCUT2D eigenvalue weighted by molar-refractivity contribution is -0.143. The summed E-state index contributed by atoms with van der Waals surface area (Å²) in [5, 5.41) is 0. The molecular formula is C25H26O3. The fourth-order valence-corrected chi connectivity index (χ4v) is 4.78. The van der Waals surface area contributed by atoms with Crippen molar-refractivity contribution < 1.29 is 14.3 Å². The van der Waals surface area contributed by atoms with Gasteiger partial charge in [0.25, 0.3) is 0 Å². The average molecular weight is 374 g/mol. The van der Waals surface area contributed by atoms with Crippen molar-refractivity contribution in [3.05, 3.63) is 76.4 Å². The third kappa shape index (κ3) is 3.19. The van der Waals surface area contributed by atoms with Crippen LogP contribution in [-0.4, -0.2) is 18.4 Å². The minimum atomic E-state index is -0.372. The molecular weight excluding hydrogens is 348 g/mol. The number of ether oxygens (including phenoxy) is 1. The predicted octanol–water partition coefficient (Wildman–Crippen LogP) is 5.35. The molecule has 0 aliphatic heterocycles. The molecule has 2 aromatic carbocycles. The Labute approximate surface area is 166 Å². The number of Topliss-reactive ketones (excluding diaryl/α,β-unsaturated/α-hetero) is 1. The summed E-state index contributed by atoms with van der Waals surface area (Å²) in [5.74, 6) is -0.392. The zero-order valence-electron chi connectivity index (χ0n) is 16.5. The third-order valence-corrected chi connectivity index (χ3v) is 6.08. The van der Waals surface area contributed by atoms with E-state index < -0.39 is 0 Å². The van der Waals surface area contributed by atoms with E-state index in [1.54, 1.807) is 0 Å². The van der Waals surface area contributed by atoms with Gasteiger partial charge >= 0.3 is 5.97 Å². The number of ketones is 1. The van der Waals surface area contributed by atoms with Crippen LogP contribution >= 0.6 is 0 Å². The van der Waals surface area contributed by atoms with Crippen molar-refractivity contribution in [3.63, 3.8) is 0 Å². The van der Waals surface area contributed by atoms with E-state index >= 15 is 0 Å². The number of esters is 1. The zero-order valence-corrected chi connectivity index (χ0v) is 16.5. The number of hydrogen-bond acceptors (Lipinski definition) is 3. The van der Waals surface area contributed by atoms with Gasteiger partial charge in [0.2, 0.25) is 0 Å². The van der Waals surface area contributed by atoms with Gasteiger partial charge in [0.05, 0.1) is 6.61 Å². The molecule has 3 nitrogen and oxygen atoms in total. The average Bonchev–Trinajstić information content (AvgIpc) is 2.98. The molecule has 0 amide bonds. The molecule has 2 unspecified atom stereocenters. The van der Waals surface area contributed by atoms with E-state index in [1.165, 1.54) is 11.1 Å². The Kier molecular flexibility index (Phi) is 5.17. The second kappa shape index (κ2) is 7.75. The largest absolute Gasteiger partial charge is 0.465 e. The van der Waals surface area contributed by atoms with Gasteiger partial charge < -0.3 is 4.74 Å². The Morgan fingerprint density at radius 3 is 2.64 bits per heavy atom. The molecule has 28 heavy (non-hydrogen) atoms. The van der Waals surface area contributed by atoms with Crippen LogP contribution in [0.3, 0.4) is 0 Å². The zero-order chi connectivity index (χ0) is 19.7. The lowest BCUT2D eigenvalue weighted by Gasteiger charge is -2.22. The van der Waals surface area contributed by atoms with Crippen molar-refractivity contribution in [2.24, 2.45) is 5.92 Å². The summed E-state index contributed by atoms with van der Waals surface area (Å²) in [6, 6.07) is 16.1. The molecule has 0 N–H and O–H groups in total. The summed E-state index contributed by atoms with van der Waals surface area (Å²) in [4.78, 5) is 26.1. The normalized spacial score (nSPS) is 21.1. The monoisotopic (exact) mass is 374 g/mol. The Bertz CT molecular complexity index is 940. The molecule has 4 rings (SSSR count). The first-order chi connectivity index (χ1) is 13.6. The van der Waals surface area contributed by atoms with E-state index in [1.807, 2.05) is 50.2 Å². The predicted molar refractivity (Wildman–Crippen MR) is 110 cm³/mol. The van der Waals surface area contributed by atoms with E-state index in [0.29, 0.717) is 6.61 Å². The Hall–Kier alpha value is -2.68. The maximum absolute atomic E-state index is 13.5. The number of benzene rings is 2. The quantitative estimate of drug-likeness (QED) is 0.678. The molecule has 3 heteroatoms. The number of carbonyl (C=O) groups is 2. The maximum atomic E-state index is 13.5.